The minimum atomic E-state index is -0.148. The smallest absolute Gasteiger partial charge is 0.259 e. The molecule has 0 unspecified atom stereocenters. The number of thiophene rings is 1. The summed E-state index contributed by atoms with van der Waals surface area (Å²) in [7, 11) is 3.20. The molecule has 5 nitrogen and oxygen atoms in total. The van der Waals surface area contributed by atoms with Crippen LogP contribution in [0, 0.1) is 11.3 Å². The first-order valence-corrected chi connectivity index (χ1v) is 13.8. The number of halogens is 2. The second-order valence-electron chi connectivity index (χ2n) is 9.95. The second-order valence-corrected chi connectivity index (χ2v) is 12.3. The maximum absolute atomic E-state index is 13.5. The van der Waals surface area contributed by atoms with Crippen LogP contribution in [0.5, 0.6) is 11.5 Å². The molecular weight excluding hydrogens is 560 g/mol. The molecule has 0 aliphatic heterocycles. The fourth-order valence-corrected chi connectivity index (χ4v) is 6.52. The van der Waals surface area contributed by atoms with Gasteiger partial charge in [-0.1, -0.05) is 32.4 Å². The van der Waals surface area contributed by atoms with E-state index in [0.717, 1.165) is 34.9 Å². The van der Waals surface area contributed by atoms with Crippen LogP contribution >= 0.6 is 38.9 Å². The Hall–Kier alpha value is -2.35. The number of nitrogens with zero attached hydrogens (tertiary/aromatic N) is 1. The van der Waals surface area contributed by atoms with Gasteiger partial charge in [-0.25, -0.2) is 4.99 Å². The van der Waals surface area contributed by atoms with E-state index in [1.165, 1.54) is 4.88 Å². The molecule has 0 radical (unpaired) electrons. The van der Waals surface area contributed by atoms with Crippen molar-refractivity contribution in [3.8, 4) is 11.5 Å². The predicted molar refractivity (Wildman–Crippen MR) is 153 cm³/mol. The largest absolute Gasteiger partial charge is 0.493 e. The molecule has 3 aromatic rings. The zero-order valence-electron chi connectivity index (χ0n) is 21.1. The summed E-state index contributed by atoms with van der Waals surface area (Å²) in [5, 5.41) is 4.38. The molecule has 1 N–H and O–H groups in total. The van der Waals surface area contributed by atoms with E-state index in [9.17, 15) is 4.79 Å². The molecule has 1 atom stereocenters. The van der Waals surface area contributed by atoms with Crippen molar-refractivity contribution in [2.75, 3.05) is 19.5 Å². The van der Waals surface area contributed by atoms with Crippen LogP contribution in [0.25, 0.3) is 0 Å². The van der Waals surface area contributed by atoms with Crippen LogP contribution in [0.2, 0.25) is 5.02 Å². The SMILES string of the molecule is COc1cc(C=Nc2sc3c(c2C(=O)Nc2ccc(Cl)cc2)CC[C@@H](C(C)(C)C)C3)cc(Br)c1OC. The number of carbonyl (C=O) groups is 1. The van der Waals surface area contributed by atoms with Crippen molar-refractivity contribution in [3.63, 3.8) is 0 Å². The van der Waals surface area contributed by atoms with Crippen molar-refractivity contribution in [2.24, 2.45) is 16.3 Å². The van der Waals surface area contributed by atoms with Crippen LogP contribution in [-0.4, -0.2) is 26.3 Å². The maximum Gasteiger partial charge on any atom is 0.259 e. The van der Waals surface area contributed by atoms with Crippen molar-refractivity contribution in [1.29, 1.82) is 0 Å². The Balaban J connectivity index is 1.72. The molecular formula is C28H30BrClN2O3S. The second kappa shape index (κ2) is 11.0. The first-order valence-electron chi connectivity index (χ1n) is 11.8. The lowest BCUT2D eigenvalue weighted by Crippen LogP contribution is -2.27. The minimum Gasteiger partial charge on any atom is -0.493 e. The highest BCUT2D eigenvalue weighted by Gasteiger charge is 2.33. The van der Waals surface area contributed by atoms with Gasteiger partial charge in [-0.05, 0) is 94.1 Å². The zero-order valence-corrected chi connectivity index (χ0v) is 24.2. The van der Waals surface area contributed by atoms with E-state index in [1.807, 2.05) is 12.1 Å². The number of fused-ring (bicyclic) bond motifs is 1. The van der Waals surface area contributed by atoms with Gasteiger partial charge in [0.15, 0.2) is 11.5 Å². The van der Waals surface area contributed by atoms with E-state index in [4.69, 9.17) is 26.1 Å². The number of anilines is 1. The van der Waals surface area contributed by atoms with Crippen LogP contribution in [-0.2, 0) is 12.8 Å². The van der Waals surface area contributed by atoms with Crippen LogP contribution < -0.4 is 14.8 Å². The van der Waals surface area contributed by atoms with E-state index in [2.05, 4.69) is 42.0 Å². The lowest BCUT2D eigenvalue weighted by atomic mass is 9.72. The summed E-state index contributed by atoms with van der Waals surface area (Å²) in [5.74, 6) is 1.64. The Morgan fingerprint density at radius 1 is 1.19 bits per heavy atom. The first kappa shape index (κ1) is 26.7. The summed E-state index contributed by atoms with van der Waals surface area (Å²) in [4.78, 5) is 19.6. The van der Waals surface area contributed by atoms with E-state index >= 15 is 0 Å². The van der Waals surface area contributed by atoms with Gasteiger partial charge in [0.2, 0.25) is 0 Å². The van der Waals surface area contributed by atoms with Gasteiger partial charge >= 0.3 is 0 Å². The maximum atomic E-state index is 13.5. The summed E-state index contributed by atoms with van der Waals surface area (Å²) in [6.07, 6.45) is 4.65. The number of methoxy groups -OCH3 is 2. The molecule has 1 heterocycles. The van der Waals surface area contributed by atoms with Gasteiger partial charge in [0.25, 0.3) is 5.91 Å². The van der Waals surface area contributed by atoms with Crippen molar-refractivity contribution < 1.29 is 14.3 Å². The highest BCUT2D eigenvalue weighted by Crippen LogP contribution is 2.45. The standard InChI is InChI=1S/C28H30BrClN2O3S/c1-28(2,3)17-6-11-20-23(14-17)36-27(24(20)26(33)32-19-9-7-18(30)8-10-19)31-15-16-12-21(29)25(35-5)22(13-16)34-4/h7-10,12-13,15,17H,6,11,14H2,1-5H3,(H,32,33)/t17-/m1/s1. The van der Waals surface area contributed by atoms with Gasteiger partial charge in [-0.2, -0.15) is 0 Å². The summed E-state index contributed by atoms with van der Waals surface area (Å²) in [5.41, 5.74) is 3.53. The number of hydrogen-bond acceptors (Lipinski definition) is 5. The van der Waals surface area contributed by atoms with Gasteiger partial charge in [-0.15, -0.1) is 11.3 Å². The van der Waals surface area contributed by atoms with E-state index in [-0.39, 0.29) is 11.3 Å². The topological polar surface area (TPSA) is 59.9 Å². The molecule has 1 amide bonds. The van der Waals surface area contributed by atoms with Gasteiger partial charge in [0.1, 0.15) is 5.00 Å². The monoisotopic (exact) mass is 588 g/mol. The van der Waals surface area contributed by atoms with Gasteiger partial charge in [0.05, 0.1) is 24.3 Å². The number of ether oxygens (including phenoxy) is 2. The minimum absolute atomic E-state index is 0.148. The molecule has 4 rings (SSSR count). The Bertz CT molecular complexity index is 1300. The quantitative estimate of drug-likeness (QED) is 0.294. The number of aliphatic imine (C=N–C) groups is 1. The number of hydrogen-bond donors (Lipinski definition) is 1. The number of rotatable bonds is 6. The number of benzene rings is 2. The molecule has 8 heteroatoms. The summed E-state index contributed by atoms with van der Waals surface area (Å²) in [6, 6.07) is 10.9. The summed E-state index contributed by atoms with van der Waals surface area (Å²) in [6.45, 7) is 6.87. The third-order valence-electron chi connectivity index (χ3n) is 6.59. The lowest BCUT2D eigenvalue weighted by molar-refractivity contribution is 0.102. The van der Waals surface area contributed by atoms with E-state index in [1.54, 1.807) is 56.0 Å². The molecule has 0 saturated carbocycles. The van der Waals surface area contributed by atoms with Crippen molar-refractivity contribution >= 4 is 61.7 Å². The third-order valence-corrected chi connectivity index (χ3v) is 8.59. The molecule has 190 valence electrons. The van der Waals surface area contributed by atoms with Crippen LogP contribution in [0.3, 0.4) is 0 Å². The molecule has 36 heavy (non-hydrogen) atoms. The van der Waals surface area contributed by atoms with Crippen molar-refractivity contribution in [3.05, 3.63) is 67.5 Å². The van der Waals surface area contributed by atoms with E-state index < -0.39 is 0 Å². The number of amides is 1. The molecule has 0 bridgehead atoms. The molecule has 0 fully saturated rings. The van der Waals surface area contributed by atoms with Gasteiger partial charge in [-0.3, -0.25) is 4.79 Å². The number of nitrogens with one attached hydrogen (secondary N) is 1. The highest BCUT2D eigenvalue weighted by molar-refractivity contribution is 9.10. The first-order chi connectivity index (χ1) is 17.1. The third kappa shape index (κ3) is 5.79. The van der Waals surface area contributed by atoms with E-state index in [0.29, 0.717) is 38.7 Å². The van der Waals surface area contributed by atoms with Crippen molar-refractivity contribution in [1.82, 2.24) is 0 Å². The Kier molecular flexibility index (Phi) is 8.12. The average Bonchev–Trinajstić information content (AvgIpc) is 3.21. The Labute approximate surface area is 230 Å². The Morgan fingerprint density at radius 3 is 2.56 bits per heavy atom. The fourth-order valence-electron chi connectivity index (χ4n) is 4.51. The van der Waals surface area contributed by atoms with Crippen molar-refractivity contribution in [2.45, 2.75) is 40.0 Å². The zero-order chi connectivity index (χ0) is 26.0. The Morgan fingerprint density at radius 2 is 1.92 bits per heavy atom. The molecule has 0 saturated heterocycles. The molecule has 2 aromatic carbocycles. The summed E-state index contributed by atoms with van der Waals surface area (Å²) >= 11 is 11.2. The van der Waals surface area contributed by atoms with Crippen LogP contribution in [0.15, 0.2) is 45.9 Å². The van der Waals surface area contributed by atoms with Gasteiger partial charge in [0, 0.05) is 21.8 Å². The van der Waals surface area contributed by atoms with Gasteiger partial charge < -0.3 is 14.8 Å². The summed E-state index contributed by atoms with van der Waals surface area (Å²) < 4.78 is 11.7. The average molecular weight is 590 g/mol. The predicted octanol–water partition coefficient (Wildman–Crippen LogP) is 8.34. The molecule has 1 aromatic heterocycles. The fraction of sp³-hybridized carbons (Fsp3) is 0.357. The van der Waals surface area contributed by atoms with Crippen LogP contribution in [0.4, 0.5) is 10.7 Å². The van der Waals surface area contributed by atoms with Crippen LogP contribution in [0.1, 0.15) is 53.6 Å². The molecule has 1 aliphatic carbocycles. The lowest BCUT2D eigenvalue weighted by Gasteiger charge is -2.33. The number of carbonyl (C=O) groups excluding carboxylic acids is 1. The normalized spacial score (nSPS) is 15.6. The highest BCUT2D eigenvalue weighted by atomic mass is 79.9. The molecule has 0 spiro atoms. The molecule has 1 aliphatic rings.